The summed E-state index contributed by atoms with van der Waals surface area (Å²) in [5, 5.41) is 8.18. The summed E-state index contributed by atoms with van der Waals surface area (Å²) < 4.78 is 3.82. The molecule has 0 bridgehead atoms. The average molecular weight is 310 g/mol. The summed E-state index contributed by atoms with van der Waals surface area (Å²) >= 11 is 0. The number of hydrogen-bond donors (Lipinski definition) is 0. The summed E-state index contributed by atoms with van der Waals surface area (Å²) in [4.78, 5) is 18.9. The summed E-state index contributed by atoms with van der Waals surface area (Å²) in [5.41, 5.74) is 3.95. The van der Waals surface area contributed by atoms with Crippen LogP contribution in [-0.4, -0.2) is 41.9 Å². The molecule has 0 fully saturated rings. The zero-order valence-electron chi connectivity index (χ0n) is 13.0. The number of benzene rings is 1. The molecule has 0 saturated carbocycles. The zero-order chi connectivity index (χ0) is 15.8. The van der Waals surface area contributed by atoms with Crippen molar-refractivity contribution in [1.82, 2.24) is 29.4 Å². The van der Waals surface area contributed by atoms with Crippen LogP contribution in [0.25, 0.3) is 11.0 Å². The van der Waals surface area contributed by atoms with Crippen LogP contribution in [0.1, 0.15) is 18.3 Å². The zero-order valence-corrected chi connectivity index (χ0v) is 13.0. The highest BCUT2D eigenvalue weighted by Crippen LogP contribution is 2.18. The van der Waals surface area contributed by atoms with E-state index in [9.17, 15) is 4.79 Å². The summed E-state index contributed by atoms with van der Waals surface area (Å²) in [6.07, 6.45) is 2.72. The number of carbonyl (C=O) groups excluding carboxylic acids is 1. The maximum atomic E-state index is 12.6. The molecule has 2 aromatic heterocycles. The van der Waals surface area contributed by atoms with E-state index >= 15 is 0 Å². The third-order valence-corrected chi connectivity index (χ3v) is 4.39. The van der Waals surface area contributed by atoms with Gasteiger partial charge in [0.1, 0.15) is 12.1 Å². The van der Waals surface area contributed by atoms with E-state index in [-0.39, 0.29) is 12.5 Å². The van der Waals surface area contributed by atoms with Gasteiger partial charge in [-0.3, -0.25) is 4.79 Å². The van der Waals surface area contributed by atoms with E-state index in [0.717, 1.165) is 36.2 Å². The van der Waals surface area contributed by atoms with Gasteiger partial charge < -0.3 is 9.47 Å². The van der Waals surface area contributed by atoms with Crippen LogP contribution < -0.4 is 0 Å². The highest BCUT2D eigenvalue weighted by atomic mass is 16.2. The second-order valence-corrected chi connectivity index (χ2v) is 5.73. The third-order valence-electron chi connectivity index (χ3n) is 4.39. The van der Waals surface area contributed by atoms with Crippen LogP contribution in [0.15, 0.2) is 30.6 Å². The van der Waals surface area contributed by atoms with Crippen LogP contribution in [-0.2, 0) is 30.8 Å². The van der Waals surface area contributed by atoms with Crippen molar-refractivity contribution in [1.29, 1.82) is 0 Å². The maximum Gasteiger partial charge on any atom is 0.244 e. The lowest BCUT2D eigenvalue weighted by Gasteiger charge is -2.27. The Morgan fingerprint density at radius 3 is 3.04 bits per heavy atom. The van der Waals surface area contributed by atoms with Gasteiger partial charge in [0, 0.05) is 25.2 Å². The molecule has 0 aliphatic carbocycles. The number of imidazole rings is 1. The van der Waals surface area contributed by atoms with Gasteiger partial charge in [0.2, 0.25) is 5.91 Å². The van der Waals surface area contributed by atoms with Crippen LogP contribution in [0.4, 0.5) is 0 Å². The fourth-order valence-corrected chi connectivity index (χ4v) is 3.12. The van der Waals surface area contributed by atoms with Gasteiger partial charge in [-0.1, -0.05) is 17.3 Å². The molecular formula is C16H18N6O. The Hall–Kier alpha value is -2.70. The SMILES string of the molecule is CCn1cnc2c1CCN(C(=O)Cn1nnc3ccccc31)C2. The quantitative estimate of drug-likeness (QED) is 0.730. The number of fused-ring (bicyclic) bond motifs is 2. The van der Waals surface area contributed by atoms with Gasteiger partial charge in [0.25, 0.3) is 0 Å². The lowest BCUT2D eigenvalue weighted by molar-refractivity contribution is -0.133. The number of aryl methyl sites for hydroxylation is 1. The molecule has 118 valence electrons. The molecule has 4 rings (SSSR count). The Labute approximate surface area is 133 Å². The van der Waals surface area contributed by atoms with E-state index in [1.54, 1.807) is 4.68 Å². The number of rotatable bonds is 3. The van der Waals surface area contributed by atoms with E-state index < -0.39 is 0 Å². The standard InChI is InChI=1S/C16H18N6O/c1-2-20-11-17-13-9-21(8-7-14(13)20)16(23)10-22-15-6-4-3-5-12(15)18-19-22/h3-6,11H,2,7-10H2,1H3. The van der Waals surface area contributed by atoms with Crippen molar-refractivity contribution in [2.45, 2.75) is 33.0 Å². The van der Waals surface area contributed by atoms with Gasteiger partial charge >= 0.3 is 0 Å². The van der Waals surface area contributed by atoms with Crippen LogP contribution in [0.3, 0.4) is 0 Å². The van der Waals surface area contributed by atoms with E-state index in [1.807, 2.05) is 35.5 Å². The minimum absolute atomic E-state index is 0.0531. The smallest absolute Gasteiger partial charge is 0.244 e. The molecule has 1 aliphatic heterocycles. The second-order valence-electron chi connectivity index (χ2n) is 5.73. The molecule has 3 aromatic rings. The Bertz CT molecular complexity index is 864. The molecule has 0 saturated heterocycles. The van der Waals surface area contributed by atoms with Crippen molar-refractivity contribution in [3.63, 3.8) is 0 Å². The normalized spacial score (nSPS) is 14.2. The van der Waals surface area contributed by atoms with Crippen molar-refractivity contribution in [3.05, 3.63) is 42.0 Å². The van der Waals surface area contributed by atoms with Crippen molar-refractivity contribution in [2.24, 2.45) is 0 Å². The molecular weight excluding hydrogens is 292 g/mol. The molecule has 0 spiro atoms. The molecule has 7 heteroatoms. The predicted molar refractivity (Wildman–Crippen MR) is 84.6 cm³/mol. The van der Waals surface area contributed by atoms with Crippen molar-refractivity contribution in [2.75, 3.05) is 6.54 Å². The van der Waals surface area contributed by atoms with Gasteiger partial charge in [-0.15, -0.1) is 5.10 Å². The number of nitrogens with zero attached hydrogens (tertiary/aromatic N) is 6. The van der Waals surface area contributed by atoms with Gasteiger partial charge in [-0.2, -0.15) is 0 Å². The molecule has 3 heterocycles. The van der Waals surface area contributed by atoms with Gasteiger partial charge in [-0.25, -0.2) is 9.67 Å². The summed E-state index contributed by atoms with van der Waals surface area (Å²) in [6.45, 7) is 4.54. The maximum absolute atomic E-state index is 12.6. The number of aromatic nitrogens is 5. The Morgan fingerprint density at radius 2 is 2.17 bits per heavy atom. The van der Waals surface area contributed by atoms with Crippen LogP contribution >= 0.6 is 0 Å². The summed E-state index contributed by atoms with van der Waals surface area (Å²) in [5.74, 6) is 0.0531. The fraction of sp³-hybridized carbons (Fsp3) is 0.375. The Morgan fingerprint density at radius 1 is 1.30 bits per heavy atom. The second kappa shape index (κ2) is 5.49. The van der Waals surface area contributed by atoms with E-state index in [0.29, 0.717) is 6.54 Å². The van der Waals surface area contributed by atoms with Crippen LogP contribution in [0.2, 0.25) is 0 Å². The first kappa shape index (κ1) is 13.9. The summed E-state index contributed by atoms with van der Waals surface area (Å²) in [6, 6.07) is 7.67. The molecule has 0 radical (unpaired) electrons. The molecule has 1 aliphatic rings. The summed E-state index contributed by atoms with van der Waals surface area (Å²) in [7, 11) is 0. The van der Waals surface area contributed by atoms with Crippen LogP contribution in [0, 0.1) is 0 Å². The Balaban J connectivity index is 1.52. The fourth-order valence-electron chi connectivity index (χ4n) is 3.12. The van der Waals surface area contributed by atoms with E-state index in [4.69, 9.17) is 0 Å². The minimum atomic E-state index is 0.0531. The first-order chi connectivity index (χ1) is 11.3. The highest BCUT2D eigenvalue weighted by Gasteiger charge is 2.24. The van der Waals surface area contributed by atoms with Gasteiger partial charge in [-0.05, 0) is 19.1 Å². The Kier molecular flexibility index (Phi) is 3.33. The third kappa shape index (κ3) is 2.38. The molecule has 0 atom stereocenters. The van der Waals surface area contributed by atoms with Crippen molar-refractivity contribution < 1.29 is 4.79 Å². The predicted octanol–water partition coefficient (Wildman–Crippen LogP) is 1.23. The monoisotopic (exact) mass is 310 g/mol. The molecule has 7 nitrogen and oxygen atoms in total. The first-order valence-corrected chi connectivity index (χ1v) is 7.85. The first-order valence-electron chi connectivity index (χ1n) is 7.85. The largest absolute Gasteiger partial charge is 0.335 e. The lowest BCUT2D eigenvalue weighted by Crippen LogP contribution is -2.38. The van der Waals surface area contributed by atoms with E-state index in [1.165, 1.54) is 5.69 Å². The average Bonchev–Trinajstić information content (AvgIpc) is 3.18. The molecule has 23 heavy (non-hydrogen) atoms. The molecule has 1 aromatic carbocycles. The van der Waals surface area contributed by atoms with Crippen molar-refractivity contribution >= 4 is 16.9 Å². The number of amides is 1. The number of carbonyl (C=O) groups is 1. The molecule has 0 unspecified atom stereocenters. The topological polar surface area (TPSA) is 68.8 Å². The minimum Gasteiger partial charge on any atom is -0.335 e. The molecule has 1 amide bonds. The number of hydrogen-bond acceptors (Lipinski definition) is 4. The van der Waals surface area contributed by atoms with Crippen molar-refractivity contribution in [3.8, 4) is 0 Å². The van der Waals surface area contributed by atoms with Crippen LogP contribution in [0.5, 0.6) is 0 Å². The number of para-hydroxylation sites is 1. The van der Waals surface area contributed by atoms with Gasteiger partial charge in [0.15, 0.2) is 0 Å². The highest BCUT2D eigenvalue weighted by molar-refractivity contribution is 5.80. The molecule has 0 N–H and O–H groups in total. The van der Waals surface area contributed by atoms with E-state index in [2.05, 4.69) is 26.8 Å². The van der Waals surface area contributed by atoms with Gasteiger partial charge in [0.05, 0.1) is 24.1 Å². The lowest BCUT2D eigenvalue weighted by atomic mass is 10.1.